The van der Waals surface area contributed by atoms with Gasteiger partial charge in [0.25, 0.3) is 5.91 Å². The van der Waals surface area contributed by atoms with Crippen LogP contribution in [0.3, 0.4) is 0 Å². The Morgan fingerprint density at radius 2 is 1.67 bits per heavy atom. The van der Waals surface area contributed by atoms with E-state index in [9.17, 15) is 19.5 Å². The Balaban J connectivity index is 1.68. The topological polar surface area (TPSA) is 111 Å². The number of piperazine rings is 1. The largest absolute Gasteiger partial charge is 0.478 e. The predicted octanol–water partition coefficient (Wildman–Crippen LogP) is 1.83. The number of benzene rings is 2. The van der Waals surface area contributed by atoms with Crippen molar-refractivity contribution in [1.29, 1.82) is 0 Å². The van der Waals surface area contributed by atoms with Gasteiger partial charge in [-0.2, -0.15) is 0 Å². The second kappa shape index (κ2) is 11.4. The van der Waals surface area contributed by atoms with E-state index in [0.717, 1.165) is 11.3 Å². The molecule has 0 radical (unpaired) electrons. The second-order valence-corrected chi connectivity index (χ2v) is 7.96. The Morgan fingerprint density at radius 3 is 2.30 bits per heavy atom. The number of hydrogen-bond acceptors (Lipinski definition) is 6. The number of carboxylic acids is 1. The molecule has 9 nitrogen and oxygen atoms in total. The monoisotopic (exact) mass is 454 g/mol. The van der Waals surface area contributed by atoms with Gasteiger partial charge in [0.05, 0.1) is 30.1 Å². The van der Waals surface area contributed by atoms with Crippen molar-refractivity contribution >= 4 is 29.2 Å². The maximum atomic E-state index is 12.8. The lowest BCUT2D eigenvalue weighted by molar-refractivity contribution is -0.122. The SMILES string of the molecule is COCCNC(=O)CN1CCN(c2ccc(C(=O)O)cc2NC(=O)c2ccc(C)cc2)CC1. The van der Waals surface area contributed by atoms with Crippen molar-refractivity contribution in [2.45, 2.75) is 6.92 Å². The smallest absolute Gasteiger partial charge is 0.335 e. The van der Waals surface area contributed by atoms with Crippen molar-refractivity contribution in [3.8, 4) is 0 Å². The lowest BCUT2D eigenvalue weighted by Gasteiger charge is -2.36. The highest BCUT2D eigenvalue weighted by Crippen LogP contribution is 2.29. The van der Waals surface area contributed by atoms with E-state index in [2.05, 4.69) is 20.4 Å². The molecule has 176 valence electrons. The van der Waals surface area contributed by atoms with Gasteiger partial charge in [0.2, 0.25) is 5.91 Å². The summed E-state index contributed by atoms with van der Waals surface area (Å²) < 4.78 is 4.94. The van der Waals surface area contributed by atoms with Gasteiger partial charge in [-0.3, -0.25) is 14.5 Å². The number of nitrogens with zero attached hydrogens (tertiary/aromatic N) is 2. The number of nitrogens with one attached hydrogen (secondary N) is 2. The molecule has 1 aliphatic heterocycles. The first-order valence-electron chi connectivity index (χ1n) is 10.9. The van der Waals surface area contributed by atoms with Gasteiger partial charge in [0.1, 0.15) is 0 Å². The summed E-state index contributed by atoms with van der Waals surface area (Å²) in [5.74, 6) is -1.40. The van der Waals surface area contributed by atoms with Crippen LogP contribution in [-0.4, -0.2) is 80.8 Å². The van der Waals surface area contributed by atoms with Crippen molar-refractivity contribution in [2.24, 2.45) is 0 Å². The third-order valence-electron chi connectivity index (χ3n) is 5.51. The average Bonchev–Trinajstić information content (AvgIpc) is 2.80. The van der Waals surface area contributed by atoms with Crippen LogP contribution in [0, 0.1) is 6.92 Å². The van der Waals surface area contributed by atoms with Crippen molar-refractivity contribution in [3.63, 3.8) is 0 Å². The standard InChI is InChI=1S/C24H30N4O5/c1-17-3-5-18(6-4-17)23(30)26-20-15-19(24(31)32)7-8-21(20)28-12-10-27(11-13-28)16-22(29)25-9-14-33-2/h3-8,15H,9-14,16H2,1-2H3,(H,25,29)(H,26,30)(H,31,32). The lowest BCUT2D eigenvalue weighted by atomic mass is 10.1. The maximum absolute atomic E-state index is 12.8. The number of carbonyl (C=O) groups is 3. The Bertz CT molecular complexity index is 985. The van der Waals surface area contributed by atoms with Crippen LogP contribution < -0.4 is 15.5 Å². The normalized spacial score (nSPS) is 14.1. The molecule has 0 bridgehead atoms. The molecular formula is C24H30N4O5. The molecule has 0 saturated carbocycles. The molecule has 2 aromatic rings. The van der Waals surface area contributed by atoms with Crippen molar-refractivity contribution in [3.05, 3.63) is 59.2 Å². The van der Waals surface area contributed by atoms with Crippen LogP contribution in [0.1, 0.15) is 26.3 Å². The molecule has 9 heteroatoms. The van der Waals surface area contributed by atoms with Gasteiger partial charge in [0, 0.05) is 45.4 Å². The first-order valence-corrected chi connectivity index (χ1v) is 10.9. The summed E-state index contributed by atoms with van der Waals surface area (Å²) in [6.07, 6.45) is 0. The highest BCUT2D eigenvalue weighted by atomic mass is 16.5. The third-order valence-corrected chi connectivity index (χ3v) is 5.51. The van der Waals surface area contributed by atoms with Gasteiger partial charge in [-0.05, 0) is 37.3 Å². The molecular weight excluding hydrogens is 424 g/mol. The summed E-state index contributed by atoms with van der Waals surface area (Å²) in [5, 5.41) is 15.1. The van der Waals surface area contributed by atoms with Crippen molar-refractivity contribution < 1.29 is 24.2 Å². The molecule has 1 fully saturated rings. The molecule has 33 heavy (non-hydrogen) atoms. The van der Waals surface area contributed by atoms with Crippen LogP contribution in [0.25, 0.3) is 0 Å². The molecule has 2 aromatic carbocycles. The number of anilines is 2. The molecule has 2 amide bonds. The van der Waals surface area contributed by atoms with Crippen LogP contribution in [0.2, 0.25) is 0 Å². The number of carboxylic acid groups (broad SMARTS) is 1. The van der Waals surface area contributed by atoms with Crippen LogP contribution in [0.15, 0.2) is 42.5 Å². The summed E-state index contributed by atoms with van der Waals surface area (Å²) >= 11 is 0. The number of ether oxygens (including phenoxy) is 1. The first kappa shape index (κ1) is 24.2. The van der Waals surface area contributed by atoms with E-state index in [1.54, 1.807) is 25.3 Å². The van der Waals surface area contributed by atoms with Gasteiger partial charge in [0.15, 0.2) is 0 Å². The van der Waals surface area contributed by atoms with Crippen LogP contribution in [0.5, 0.6) is 0 Å². The molecule has 1 saturated heterocycles. The fourth-order valence-corrected chi connectivity index (χ4v) is 3.64. The lowest BCUT2D eigenvalue weighted by Crippen LogP contribution is -2.50. The van der Waals surface area contributed by atoms with E-state index in [1.807, 2.05) is 19.1 Å². The van der Waals surface area contributed by atoms with Crippen LogP contribution in [0.4, 0.5) is 11.4 Å². The Morgan fingerprint density at radius 1 is 1.00 bits per heavy atom. The number of hydrogen-bond donors (Lipinski definition) is 3. The quantitative estimate of drug-likeness (QED) is 0.496. The predicted molar refractivity (Wildman–Crippen MR) is 126 cm³/mol. The van der Waals surface area contributed by atoms with Gasteiger partial charge in [-0.25, -0.2) is 4.79 Å². The zero-order valence-electron chi connectivity index (χ0n) is 19.0. The highest BCUT2D eigenvalue weighted by molar-refractivity contribution is 6.06. The fraction of sp³-hybridized carbons (Fsp3) is 0.375. The Hall–Kier alpha value is -3.43. The number of aryl methyl sites for hydroxylation is 1. The van der Waals surface area contributed by atoms with Gasteiger partial charge in [-0.1, -0.05) is 17.7 Å². The van der Waals surface area contributed by atoms with Crippen molar-refractivity contribution in [2.75, 3.05) is 63.2 Å². The zero-order valence-corrected chi connectivity index (χ0v) is 19.0. The molecule has 1 heterocycles. The van der Waals surface area contributed by atoms with Gasteiger partial charge >= 0.3 is 5.97 Å². The highest BCUT2D eigenvalue weighted by Gasteiger charge is 2.22. The minimum Gasteiger partial charge on any atom is -0.478 e. The van der Waals surface area contributed by atoms with Crippen molar-refractivity contribution in [1.82, 2.24) is 10.2 Å². The number of amides is 2. The number of aromatic carboxylic acids is 1. The Labute approximate surface area is 193 Å². The summed E-state index contributed by atoms with van der Waals surface area (Å²) in [4.78, 5) is 40.5. The maximum Gasteiger partial charge on any atom is 0.335 e. The van der Waals surface area contributed by atoms with Gasteiger partial charge in [-0.15, -0.1) is 0 Å². The minimum atomic E-state index is -1.06. The second-order valence-electron chi connectivity index (χ2n) is 7.96. The summed E-state index contributed by atoms with van der Waals surface area (Å²) in [6.45, 7) is 5.84. The molecule has 3 N–H and O–H groups in total. The minimum absolute atomic E-state index is 0.0441. The molecule has 0 unspecified atom stereocenters. The molecule has 0 aliphatic carbocycles. The van der Waals surface area contributed by atoms with E-state index in [-0.39, 0.29) is 17.4 Å². The average molecular weight is 455 g/mol. The van der Waals surface area contributed by atoms with E-state index in [0.29, 0.717) is 57.1 Å². The number of carbonyl (C=O) groups excluding carboxylic acids is 2. The first-order chi connectivity index (χ1) is 15.9. The van der Waals surface area contributed by atoms with Crippen LogP contribution in [-0.2, 0) is 9.53 Å². The molecule has 0 aromatic heterocycles. The van der Waals surface area contributed by atoms with E-state index >= 15 is 0 Å². The van der Waals surface area contributed by atoms with E-state index in [4.69, 9.17) is 4.74 Å². The Kier molecular flexibility index (Phi) is 8.39. The fourth-order valence-electron chi connectivity index (χ4n) is 3.64. The van der Waals surface area contributed by atoms with E-state index < -0.39 is 5.97 Å². The van der Waals surface area contributed by atoms with Crippen LogP contribution >= 0.6 is 0 Å². The molecule has 1 aliphatic rings. The summed E-state index contributed by atoms with van der Waals surface area (Å²) in [6, 6.07) is 11.9. The molecule has 0 spiro atoms. The molecule has 3 rings (SSSR count). The summed E-state index contributed by atoms with van der Waals surface area (Å²) in [5.41, 5.74) is 2.85. The van der Waals surface area contributed by atoms with E-state index in [1.165, 1.54) is 12.1 Å². The molecule has 0 atom stereocenters. The summed E-state index contributed by atoms with van der Waals surface area (Å²) in [7, 11) is 1.59. The number of methoxy groups -OCH3 is 1. The zero-order chi connectivity index (χ0) is 23.8. The van der Waals surface area contributed by atoms with Gasteiger partial charge < -0.3 is 25.4 Å². The number of rotatable bonds is 9. The third kappa shape index (κ3) is 6.77.